The van der Waals surface area contributed by atoms with Crippen molar-refractivity contribution in [3.05, 3.63) is 0 Å². The molecule has 0 spiro atoms. The van der Waals surface area contributed by atoms with Crippen molar-refractivity contribution in [3.63, 3.8) is 0 Å². The van der Waals surface area contributed by atoms with Gasteiger partial charge in [-0.05, 0) is 39.3 Å². The summed E-state index contributed by atoms with van der Waals surface area (Å²) in [5, 5.41) is 0. The molecule has 0 aliphatic heterocycles. The van der Waals surface area contributed by atoms with E-state index < -0.39 is 8.56 Å². The molecule has 1 amide bonds. The number of carbonyl (C=O) groups is 1. The van der Waals surface area contributed by atoms with Gasteiger partial charge in [0.05, 0.1) is 0 Å². The van der Waals surface area contributed by atoms with Gasteiger partial charge in [0.2, 0.25) is 5.91 Å². The summed E-state index contributed by atoms with van der Waals surface area (Å²) >= 11 is 0. The van der Waals surface area contributed by atoms with Gasteiger partial charge in [-0.1, -0.05) is 58.3 Å². The monoisotopic (exact) mass is 387 g/mol. The van der Waals surface area contributed by atoms with Crippen LogP contribution in [0.4, 0.5) is 0 Å². The van der Waals surface area contributed by atoms with Gasteiger partial charge in [0, 0.05) is 33.2 Å². The smallest absolute Gasteiger partial charge is 0.334 e. The van der Waals surface area contributed by atoms with Crippen LogP contribution in [0.25, 0.3) is 0 Å². The number of rotatable bonds is 18. The van der Waals surface area contributed by atoms with E-state index in [1.165, 1.54) is 51.4 Å². The number of hydrogen-bond donors (Lipinski definition) is 0. The van der Waals surface area contributed by atoms with E-state index in [1.54, 1.807) is 0 Å². The molecule has 4 nitrogen and oxygen atoms in total. The molecule has 0 aromatic carbocycles. The Hall–Kier alpha value is -0.393. The lowest BCUT2D eigenvalue weighted by Gasteiger charge is -2.27. The summed E-state index contributed by atoms with van der Waals surface area (Å²) < 4.78 is 11.7. The zero-order chi connectivity index (χ0) is 19.7. The van der Waals surface area contributed by atoms with E-state index >= 15 is 0 Å². The average Bonchev–Trinajstić information content (AvgIpc) is 2.60. The molecule has 0 unspecified atom stereocenters. The number of carbonyl (C=O) groups excluding carboxylic acids is 1. The van der Waals surface area contributed by atoms with Gasteiger partial charge < -0.3 is 13.8 Å². The summed E-state index contributed by atoms with van der Waals surface area (Å²) in [5.41, 5.74) is 0. The average molecular weight is 388 g/mol. The highest BCUT2D eigenvalue weighted by atomic mass is 28.4. The van der Waals surface area contributed by atoms with Crippen LogP contribution in [0, 0.1) is 0 Å². The Labute approximate surface area is 164 Å². The van der Waals surface area contributed by atoms with Gasteiger partial charge in [0.15, 0.2) is 0 Å². The number of nitrogens with zero attached hydrogens (tertiary/aromatic N) is 1. The van der Waals surface area contributed by atoms with Gasteiger partial charge in [0.25, 0.3) is 0 Å². The minimum absolute atomic E-state index is 0.282. The summed E-state index contributed by atoms with van der Waals surface area (Å²) in [4.78, 5) is 14.1. The summed E-state index contributed by atoms with van der Waals surface area (Å²) in [7, 11) is -0.115. The molecule has 0 aliphatic carbocycles. The molecular weight excluding hydrogens is 342 g/mol. The number of hydrogen-bond acceptors (Lipinski definition) is 3. The Morgan fingerprint density at radius 1 is 0.808 bits per heavy atom. The van der Waals surface area contributed by atoms with E-state index in [2.05, 4.69) is 13.5 Å². The summed E-state index contributed by atoms with van der Waals surface area (Å²) in [6, 6.07) is 0.949. The maximum Gasteiger partial charge on any atom is 0.334 e. The Morgan fingerprint density at radius 2 is 1.31 bits per heavy atom. The van der Waals surface area contributed by atoms with Crippen LogP contribution in [-0.2, 0) is 13.6 Å². The molecule has 0 N–H and O–H groups in total. The number of amides is 1. The van der Waals surface area contributed by atoms with Gasteiger partial charge in [-0.25, -0.2) is 0 Å². The highest BCUT2D eigenvalue weighted by Crippen LogP contribution is 2.16. The second-order valence-electron chi connectivity index (χ2n) is 7.50. The summed E-state index contributed by atoms with van der Waals surface area (Å²) in [6.07, 6.45) is 13.3. The lowest BCUT2D eigenvalue weighted by Crippen LogP contribution is -2.39. The van der Waals surface area contributed by atoms with Crippen molar-refractivity contribution in [1.82, 2.24) is 4.90 Å². The molecule has 0 heterocycles. The third kappa shape index (κ3) is 13.8. The molecule has 0 fully saturated rings. The normalized spacial score (nSPS) is 11.7. The molecule has 5 heteroatoms. The van der Waals surface area contributed by atoms with E-state index in [9.17, 15) is 4.79 Å². The number of unbranched alkanes of at least 4 members (excludes halogenated alkanes) is 8. The Kier molecular flexibility index (Phi) is 16.5. The van der Waals surface area contributed by atoms with Crippen LogP contribution in [0.3, 0.4) is 0 Å². The van der Waals surface area contributed by atoms with Crippen molar-refractivity contribution in [2.24, 2.45) is 0 Å². The standard InChI is InChI=1S/C21H45NO3Si/c1-6-9-10-11-12-13-14-15-16-18-21(23)22(4)19-17-20-26(5,24-7-2)25-8-3/h6-20H2,1-5H3. The van der Waals surface area contributed by atoms with Crippen molar-refractivity contribution in [1.29, 1.82) is 0 Å². The molecule has 0 saturated carbocycles. The highest BCUT2D eigenvalue weighted by Gasteiger charge is 2.30. The van der Waals surface area contributed by atoms with Crippen molar-refractivity contribution >= 4 is 14.5 Å². The molecule has 0 saturated heterocycles. The van der Waals surface area contributed by atoms with Crippen LogP contribution >= 0.6 is 0 Å². The van der Waals surface area contributed by atoms with E-state index in [1.807, 2.05) is 25.8 Å². The minimum atomic E-state index is -2.04. The fraction of sp³-hybridized carbons (Fsp3) is 0.952. The Balaban J connectivity index is 3.73. The lowest BCUT2D eigenvalue weighted by atomic mass is 10.1. The molecular formula is C21H45NO3Si. The van der Waals surface area contributed by atoms with Crippen molar-refractivity contribution < 1.29 is 13.6 Å². The third-order valence-electron chi connectivity index (χ3n) is 4.94. The lowest BCUT2D eigenvalue weighted by molar-refractivity contribution is -0.130. The molecule has 0 aliphatic rings. The third-order valence-corrected chi connectivity index (χ3v) is 8.00. The van der Waals surface area contributed by atoms with E-state index in [0.29, 0.717) is 19.6 Å². The second-order valence-corrected chi connectivity index (χ2v) is 10.8. The predicted octanol–water partition coefficient (Wildman–Crippen LogP) is 5.90. The first-order chi connectivity index (χ1) is 12.5. The Morgan fingerprint density at radius 3 is 1.81 bits per heavy atom. The van der Waals surface area contributed by atoms with Gasteiger partial charge in [-0.15, -0.1) is 0 Å². The van der Waals surface area contributed by atoms with Gasteiger partial charge in [-0.3, -0.25) is 4.79 Å². The fourth-order valence-corrected chi connectivity index (χ4v) is 5.73. The minimum Gasteiger partial charge on any atom is -0.395 e. The van der Waals surface area contributed by atoms with Crippen molar-refractivity contribution in [2.45, 2.75) is 104 Å². The van der Waals surface area contributed by atoms with Crippen LogP contribution in [0.1, 0.15) is 91.4 Å². The summed E-state index contributed by atoms with van der Waals surface area (Å²) in [5.74, 6) is 0.282. The van der Waals surface area contributed by atoms with Crippen LogP contribution in [-0.4, -0.2) is 46.2 Å². The van der Waals surface area contributed by atoms with Crippen LogP contribution < -0.4 is 0 Å². The van der Waals surface area contributed by atoms with Gasteiger partial charge >= 0.3 is 8.56 Å². The van der Waals surface area contributed by atoms with Gasteiger partial charge in [-0.2, -0.15) is 0 Å². The molecule has 0 atom stereocenters. The van der Waals surface area contributed by atoms with Crippen molar-refractivity contribution in [3.8, 4) is 0 Å². The van der Waals surface area contributed by atoms with E-state index in [-0.39, 0.29) is 5.91 Å². The zero-order valence-electron chi connectivity index (χ0n) is 18.3. The largest absolute Gasteiger partial charge is 0.395 e. The first kappa shape index (κ1) is 25.6. The van der Waals surface area contributed by atoms with E-state index in [0.717, 1.165) is 25.4 Å². The van der Waals surface area contributed by atoms with Crippen molar-refractivity contribution in [2.75, 3.05) is 26.8 Å². The SMILES string of the molecule is CCCCCCCCCCCC(=O)N(C)CCC[Si](C)(OCC)OCC. The Bertz CT molecular complexity index is 333. The predicted molar refractivity (Wildman–Crippen MR) is 114 cm³/mol. The quantitative estimate of drug-likeness (QED) is 0.217. The first-order valence-corrected chi connectivity index (χ1v) is 13.5. The fourth-order valence-electron chi connectivity index (χ4n) is 3.34. The maximum atomic E-state index is 12.2. The van der Waals surface area contributed by atoms with E-state index in [4.69, 9.17) is 8.85 Å². The highest BCUT2D eigenvalue weighted by molar-refractivity contribution is 6.66. The van der Waals surface area contributed by atoms with Gasteiger partial charge in [0.1, 0.15) is 0 Å². The topological polar surface area (TPSA) is 38.8 Å². The second kappa shape index (κ2) is 16.8. The molecule has 0 radical (unpaired) electrons. The molecule has 0 aromatic rings. The van der Waals surface area contributed by atoms with Crippen LogP contribution in [0.5, 0.6) is 0 Å². The molecule has 156 valence electrons. The molecule has 0 rings (SSSR count). The summed E-state index contributed by atoms with van der Waals surface area (Å²) in [6.45, 7) is 10.6. The first-order valence-electron chi connectivity index (χ1n) is 11.0. The zero-order valence-corrected chi connectivity index (χ0v) is 19.3. The molecule has 0 bridgehead atoms. The van der Waals surface area contributed by atoms with Crippen LogP contribution in [0.2, 0.25) is 12.6 Å². The molecule has 26 heavy (non-hydrogen) atoms. The molecule has 0 aromatic heterocycles. The van der Waals surface area contributed by atoms with Crippen LogP contribution in [0.15, 0.2) is 0 Å². The maximum absolute atomic E-state index is 12.2.